The summed E-state index contributed by atoms with van der Waals surface area (Å²) in [4.78, 5) is 3.96. The molecule has 0 saturated carbocycles. The van der Waals surface area contributed by atoms with Gasteiger partial charge in [0.1, 0.15) is 5.82 Å². The Morgan fingerprint density at radius 3 is 2.92 bits per heavy atom. The Hall–Kier alpha value is -1.35. The zero-order valence-electron chi connectivity index (χ0n) is 6.59. The molecule has 0 saturated heterocycles. The van der Waals surface area contributed by atoms with Crippen molar-refractivity contribution in [2.75, 3.05) is 5.73 Å². The highest BCUT2D eigenvalue weighted by molar-refractivity contribution is 6.36. The van der Waals surface area contributed by atoms with Gasteiger partial charge in [0.15, 0.2) is 0 Å². The number of rotatable bonds is 0. The van der Waals surface area contributed by atoms with Gasteiger partial charge in [0.2, 0.25) is 0 Å². The van der Waals surface area contributed by atoms with Gasteiger partial charge in [0.25, 0.3) is 0 Å². The minimum absolute atomic E-state index is 0.292. The van der Waals surface area contributed by atoms with Crippen molar-refractivity contribution in [3.63, 3.8) is 0 Å². The molecule has 0 bridgehead atoms. The van der Waals surface area contributed by atoms with E-state index in [1.165, 1.54) is 18.3 Å². The highest BCUT2D eigenvalue weighted by Crippen LogP contribution is 2.27. The third-order valence-corrected chi connectivity index (χ3v) is 2.09. The lowest BCUT2D eigenvalue weighted by atomic mass is 10.2. The molecule has 66 valence electrons. The van der Waals surface area contributed by atoms with Crippen LogP contribution in [0.15, 0.2) is 24.4 Å². The number of aromatic nitrogens is 1. The van der Waals surface area contributed by atoms with Crippen molar-refractivity contribution >= 4 is 28.2 Å². The zero-order chi connectivity index (χ0) is 9.42. The maximum absolute atomic E-state index is 12.9. The van der Waals surface area contributed by atoms with Crippen molar-refractivity contribution < 1.29 is 4.39 Å². The second-order valence-corrected chi connectivity index (χ2v) is 3.09. The monoisotopic (exact) mass is 196 g/mol. The van der Waals surface area contributed by atoms with Crippen LogP contribution < -0.4 is 5.73 Å². The molecule has 0 atom stereocenters. The van der Waals surface area contributed by atoms with Gasteiger partial charge >= 0.3 is 0 Å². The molecule has 0 radical (unpaired) electrons. The summed E-state index contributed by atoms with van der Waals surface area (Å²) in [5, 5.41) is 0.895. The predicted molar refractivity (Wildman–Crippen MR) is 51.1 cm³/mol. The van der Waals surface area contributed by atoms with E-state index in [1.54, 1.807) is 6.07 Å². The minimum atomic E-state index is -0.407. The van der Waals surface area contributed by atoms with E-state index in [9.17, 15) is 4.39 Å². The lowest BCUT2D eigenvalue weighted by molar-refractivity contribution is 0.629. The molecule has 2 nitrogen and oxygen atoms in total. The summed E-state index contributed by atoms with van der Waals surface area (Å²) in [5.41, 5.74) is 6.65. The number of fused-ring (bicyclic) bond motifs is 1. The Bertz CT molecular complexity index is 470. The normalized spacial score (nSPS) is 10.6. The van der Waals surface area contributed by atoms with Crippen LogP contribution in [0.3, 0.4) is 0 Å². The van der Waals surface area contributed by atoms with Crippen molar-refractivity contribution in [2.45, 2.75) is 0 Å². The van der Waals surface area contributed by atoms with Gasteiger partial charge in [0.05, 0.1) is 10.5 Å². The quantitative estimate of drug-likeness (QED) is 0.704. The minimum Gasteiger partial charge on any atom is -0.398 e. The number of pyridine rings is 1. The van der Waals surface area contributed by atoms with Crippen molar-refractivity contribution in [2.24, 2.45) is 0 Å². The summed E-state index contributed by atoms with van der Waals surface area (Å²) in [6.45, 7) is 0. The Balaban J connectivity index is 2.94. The highest BCUT2D eigenvalue weighted by atomic mass is 35.5. The van der Waals surface area contributed by atoms with E-state index < -0.39 is 5.82 Å². The summed E-state index contributed by atoms with van der Waals surface area (Å²) in [5.74, 6) is -0.407. The van der Waals surface area contributed by atoms with Gasteiger partial charge in [-0.2, -0.15) is 0 Å². The van der Waals surface area contributed by atoms with Crippen molar-refractivity contribution in [1.29, 1.82) is 0 Å². The molecule has 0 aliphatic heterocycles. The molecular formula is C9H6ClFN2. The molecule has 0 aliphatic carbocycles. The molecule has 2 aromatic rings. The van der Waals surface area contributed by atoms with Crippen LogP contribution in [0.5, 0.6) is 0 Å². The van der Waals surface area contributed by atoms with Crippen LogP contribution in [-0.2, 0) is 0 Å². The number of hydrogen-bond acceptors (Lipinski definition) is 2. The Kier molecular flexibility index (Phi) is 1.81. The zero-order valence-corrected chi connectivity index (χ0v) is 7.35. The molecular weight excluding hydrogens is 191 g/mol. The smallest absolute Gasteiger partial charge is 0.126 e. The molecule has 2 rings (SSSR count). The second kappa shape index (κ2) is 2.85. The summed E-state index contributed by atoms with van der Waals surface area (Å²) in [7, 11) is 0. The third kappa shape index (κ3) is 1.31. The SMILES string of the molecule is Nc1ccnc2cc(F)cc(Cl)c12. The first-order chi connectivity index (χ1) is 6.18. The van der Waals surface area contributed by atoms with Crippen molar-refractivity contribution in [3.05, 3.63) is 35.2 Å². The van der Waals surface area contributed by atoms with E-state index in [2.05, 4.69) is 4.98 Å². The van der Waals surface area contributed by atoms with Crippen LogP contribution in [0.25, 0.3) is 10.9 Å². The fraction of sp³-hybridized carbons (Fsp3) is 0. The summed E-state index contributed by atoms with van der Waals surface area (Å²) >= 11 is 5.81. The largest absolute Gasteiger partial charge is 0.398 e. The maximum Gasteiger partial charge on any atom is 0.126 e. The Morgan fingerprint density at radius 1 is 1.38 bits per heavy atom. The van der Waals surface area contributed by atoms with Crippen LogP contribution in [0, 0.1) is 5.82 Å². The summed E-state index contributed by atoms with van der Waals surface area (Å²) < 4.78 is 12.9. The average molecular weight is 197 g/mol. The van der Waals surface area contributed by atoms with Gasteiger partial charge in [-0.1, -0.05) is 11.6 Å². The fourth-order valence-corrected chi connectivity index (χ4v) is 1.54. The summed E-state index contributed by atoms with van der Waals surface area (Å²) in [6, 6.07) is 4.16. The summed E-state index contributed by atoms with van der Waals surface area (Å²) in [6.07, 6.45) is 1.52. The van der Waals surface area contributed by atoms with Gasteiger partial charge in [-0.15, -0.1) is 0 Å². The fourth-order valence-electron chi connectivity index (χ4n) is 1.23. The number of nitrogens with two attached hydrogens (primary N) is 1. The molecule has 1 heterocycles. The van der Waals surface area contributed by atoms with E-state index in [1.807, 2.05) is 0 Å². The molecule has 1 aromatic carbocycles. The number of anilines is 1. The van der Waals surface area contributed by atoms with Gasteiger partial charge in [-0.25, -0.2) is 4.39 Å². The number of benzene rings is 1. The van der Waals surface area contributed by atoms with E-state index in [0.29, 0.717) is 21.6 Å². The first kappa shape index (κ1) is 8.26. The van der Waals surface area contributed by atoms with Crippen LogP contribution >= 0.6 is 11.6 Å². The van der Waals surface area contributed by atoms with Crippen LogP contribution in [0.1, 0.15) is 0 Å². The van der Waals surface area contributed by atoms with E-state index in [-0.39, 0.29) is 0 Å². The topological polar surface area (TPSA) is 38.9 Å². The number of nitrogens with zero attached hydrogens (tertiary/aromatic N) is 1. The van der Waals surface area contributed by atoms with Crippen LogP contribution in [0.2, 0.25) is 5.02 Å². The molecule has 0 fully saturated rings. The van der Waals surface area contributed by atoms with Crippen molar-refractivity contribution in [3.8, 4) is 0 Å². The lowest BCUT2D eigenvalue weighted by Gasteiger charge is -2.02. The van der Waals surface area contributed by atoms with Crippen molar-refractivity contribution in [1.82, 2.24) is 4.98 Å². The molecule has 0 aliphatic rings. The molecule has 0 spiro atoms. The number of halogens is 2. The third-order valence-electron chi connectivity index (χ3n) is 1.79. The maximum atomic E-state index is 12.9. The van der Waals surface area contributed by atoms with Gasteiger partial charge in [0, 0.05) is 23.3 Å². The predicted octanol–water partition coefficient (Wildman–Crippen LogP) is 2.61. The van der Waals surface area contributed by atoms with E-state index >= 15 is 0 Å². The van der Waals surface area contributed by atoms with Crippen LogP contribution in [0.4, 0.5) is 10.1 Å². The molecule has 0 unspecified atom stereocenters. The van der Waals surface area contributed by atoms with Gasteiger partial charge in [-0.05, 0) is 12.1 Å². The lowest BCUT2D eigenvalue weighted by Crippen LogP contribution is -1.90. The molecule has 13 heavy (non-hydrogen) atoms. The van der Waals surface area contributed by atoms with E-state index in [0.717, 1.165) is 0 Å². The average Bonchev–Trinajstić information content (AvgIpc) is 2.02. The van der Waals surface area contributed by atoms with Gasteiger partial charge in [-0.3, -0.25) is 4.98 Å². The number of hydrogen-bond donors (Lipinski definition) is 1. The molecule has 2 N–H and O–H groups in total. The Morgan fingerprint density at radius 2 is 2.15 bits per heavy atom. The second-order valence-electron chi connectivity index (χ2n) is 2.68. The number of nitrogen functional groups attached to an aromatic ring is 1. The first-order valence-corrected chi connectivity index (χ1v) is 4.05. The van der Waals surface area contributed by atoms with Crippen LogP contribution in [-0.4, -0.2) is 4.98 Å². The molecule has 0 amide bonds. The molecule has 1 aromatic heterocycles. The van der Waals surface area contributed by atoms with Gasteiger partial charge < -0.3 is 5.73 Å². The van der Waals surface area contributed by atoms with E-state index in [4.69, 9.17) is 17.3 Å². The Labute approximate surface area is 79.1 Å². The standard InChI is InChI=1S/C9H6ClFN2/c10-6-3-5(11)4-8-9(6)7(12)1-2-13-8/h1-4H,(H2,12,13). The molecule has 4 heteroatoms. The first-order valence-electron chi connectivity index (χ1n) is 3.68. The highest BCUT2D eigenvalue weighted by Gasteiger charge is 2.05.